The van der Waals surface area contributed by atoms with Gasteiger partial charge < -0.3 is 9.80 Å². The number of para-hydroxylation sites is 2. The Morgan fingerprint density at radius 2 is 0.605 bits per heavy atom. The summed E-state index contributed by atoms with van der Waals surface area (Å²) in [7, 11) is 0. The lowest BCUT2D eigenvalue weighted by Crippen LogP contribution is -2.12. The molecule has 0 aromatic heterocycles. The Balaban J connectivity index is 1.55. The average molecular weight is 503 g/mol. The van der Waals surface area contributed by atoms with Crippen LogP contribution < -0.4 is 9.80 Å². The molecule has 0 bridgehead atoms. The summed E-state index contributed by atoms with van der Waals surface area (Å²) in [6, 6.07) is 40.3. The van der Waals surface area contributed by atoms with Gasteiger partial charge in [0.25, 0.3) is 11.4 Å². The van der Waals surface area contributed by atoms with E-state index in [4.69, 9.17) is 0 Å². The zero-order valence-corrected chi connectivity index (χ0v) is 20.1. The Hall–Kier alpha value is -5.50. The lowest BCUT2D eigenvalue weighted by atomic mass is 10.1. The normalized spacial score (nSPS) is 10.5. The molecule has 8 heteroatoms. The summed E-state index contributed by atoms with van der Waals surface area (Å²) >= 11 is 0. The molecule has 0 fully saturated rings. The van der Waals surface area contributed by atoms with Gasteiger partial charge in [0.2, 0.25) is 0 Å². The maximum absolute atomic E-state index is 11.2. The summed E-state index contributed by atoms with van der Waals surface area (Å²) in [5, 5.41) is 22.3. The third kappa shape index (κ3) is 5.05. The highest BCUT2D eigenvalue weighted by atomic mass is 16.6. The number of nitrogens with zero attached hydrogens (tertiary/aromatic N) is 4. The fraction of sp³-hybridized carbons (Fsp3) is 0. The van der Waals surface area contributed by atoms with Gasteiger partial charge in [0, 0.05) is 58.4 Å². The van der Waals surface area contributed by atoms with Crippen molar-refractivity contribution in [1.82, 2.24) is 0 Å². The predicted molar refractivity (Wildman–Crippen MR) is 149 cm³/mol. The van der Waals surface area contributed by atoms with E-state index >= 15 is 0 Å². The van der Waals surface area contributed by atoms with Crippen LogP contribution in [0.1, 0.15) is 0 Å². The van der Waals surface area contributed by atoms with Crippen LogP contribution in [0.15, 0.2) is 133 Å². The van der Waals surface area contributed by atoms with Crippen molar-refractivity contribution in [2.24, 2.45) is 0 Å². The van der Waals surface area contributed by atoms with E-state index in [-0.39, 0.29) is 11.4 Å². The molecule has 186 valence electrons. The molecule has 38 heavy (non-hydrogen) atoms. The van der Waals surface area contributed by atoms with Crippen LogP contribution in [0.4, 0.5) is 45.5 Å². The van der Waals surface area contributed by atoms with Crippen LogP contribution in [0.2, 0.25) is 0 Å². The first-order valence-electron chi connectivity index (χ1n) is 11.8. The van der Waals surface area contributed by atoms with Crippen LogP contribution >= 0.6 is 0 Å². The molecule has 0 amide bonds. The van der Waals surface area contributed by atoms with Crippen molar-refractivity contribution < 1.29 is 9.85 Å². The van der Waals surface area contributed by atoms with E-state index in [9.17, 15) is 20.2 Å². The molecule has 0 saturated carbocycles. The molecule has 0 spiro atoms. The second-order valence-electron chi connectivity index (χ2n) is 8.41. The van der Waals surface area contributed by atoms with Gasteiger partial charge in [0.05, 0.1) is 9.85 Å². The summed E-state index contributed by atoms with van der Waals surface area (Å²) in [6.45, 7) is 0. The van der Waals surface area contributed by atoms with Crippen LogP contribution in [-0.2, 0) is 0 Å². The van der Waals surface area contributed by atoms with Crippen LogP contribution in [0.5, 0.6) is 0 Å². The number of nitro groups is 2. The van der Waals surface area contributed by atoms with Crippen molar-refractivity contribution in [3.05, 3.63) is 154 Å². The van der Waals surface area contributed by atoms with Crippen molar-refractivity contribution in [1.29, 1.82) is 0 Å². The summed E-state index contributed by atoms with van der Waals surface area (Å²) < 4.78 is 0. The molecule has 0 radical (unpaired) electrons. The highest BCUT2D eigenvalue weighted by Crippen LogP contribution is 2.39. The van der Waals surface area contributed by atoms with Gasteiger partial charge in [-0.25, -0.2) is 0 Å². The van der Waals surface area contributed by atoms with Crippen LogP contribution in [0, 0.1) is 20.2 Å². The van der Waals surface area contributed by atoms with E-state index in [0.29, 0.717) is 0 Å². The molecule has 0 atom stereocenters. The molecule has 5 aromatic rings. The molecule has 5 aromatic carbocycles. The van der Waals surface area contributed by atoms with E-state index in [1.54, 1.807) is 24.3 Å². The number of nitro benzene ring substituents is 2. The number of benzene rings is 5. The van der Waals surface area contributed by atoms with Gasteiger partial charge in [-0.2, -0.15) is 0 Å². The van der Waals surface area contributed by atoms with Gasteiger partial charge in [-0.15, -0.1) is 0 Å². The zero-order chi connectivity index (χ0) is 26.5. The van der Waals surface area contributed by atoms with E-state index in [2.05, 4.69) is 0 Å². The first-order chi connectivity index (χ1) is 18.5. The molecule has 0 N–H and O–H groups in total. The maximum atomic E-state index is 11.2. The quantitative estimate of drug-likeness (QED) is 0.156. The van der Waals surface area contributed by atoms with Crippen LogP contribution in [0.25, 0.3) is 0 Å². The number of hydrogen-bond donors (Lipinski definition) is 0. The third-order valence-electron chi connectivity index (χ3n) is 6.03. The molecule has 0 aliphatic rings. The van der Waals surface area contributed by atoms with Crippen molar-refractivity contribution in [2.75, 3.05) is 9.80 Å². The van der Waals surface area contributed by atoms with Crippen LogP contribution in [-0.4, -0.2) is 9.85 Å². The lowest BCUT2D eigenvalue weighted by molar-refractivity contribution is -0.385. The smallest absolute Gasteiger partial charge is 0.269 e. The van der Waals surface area contributed by atoms with Crippen molar-refractivity contribution in [3.8, 4) is 0 Å². The Labute approximate surface area is 218 Å². The number of rotatable bonds is 8. The average Bonchev–Trinajstić information content (AvgIpc) is 2.96. The highest BCUT2D eigenvalue weighted by molar-refractivity contribution is 5.81. The van der Waals surface area contributed by atoms with Crippen molar-refractivity contribution >= 4 is 45.5 Å². The van der Waals surface area contributed by atoms with E-state index in [0.717, 1.165) is 34.1 Å². The maximum Gasteiger partial charge on any atom is 0.269 e. The van der Waals surface area contributed by atoms with Crippen molar-refractivity contribution in [3.63, 3.8) is 0 Å². The number of hydrogen-bond acceptors (Lipinski definition) is 6. The van der Waals surface area contributed by atoms with E-state index in [1.165, 1.54) is 24.3 Å². The molecule has 8 nitrogen and oxygen atoms in total. The fourth-order valence-electron chi connectivity index (χ4n) is 4.25. The zero-order valence-electron chi connectivity index (χ0n) is 20.1. The molecule has 0 saturated heterocycles. The van der Waals surface area contributed by atoms with Gasteiger partial charge in [-0.05, 0) is 72.8 Å². The first-order valence-corrected chi connectivity index (χ1v) is 11.8. The Kier molecular flexibility index (Phi) is 6.77. The van der Waals surface area contributed by atoms with E-state index in [1.807, 2.05) is 94.7 Å². The molecule has 5 rings (SSSR count). The summed E-state index contributed by atoms with van der Waals surface area (Å²) in [4.78, 5) is 25.5. The molecule has 0 aliphatic heterocycles. The molecular weight excluding hydrogens is 480 g/mol. The lowest BCUT2D eigenvalue weighted by Gasteiger charge is -2.28. The van der Waals surface area contributed by atoms with Crippen LogP contribution in [0.3, 0.4) is 0 Å². The van der Waals surface area contributed by atoms with Gasteiger partial charge in [0.15, 0.2) is 0 Å². The fourth-order valence-corrected chi connectivity index (χ4v) is 4.25. The van der Waals surface area contributed by atoms with Gasteiger partial charge in [-0.3, -0.25) is 20.2 Å². The Bertz CT molecular complexity index is 1420. The Morgan fingerprint density at radius 1 is 0.368 bits per heavy atom. The first kappa shape index (κ1) is 24.2. The minimum absolute atomic E-state index is 0.0266. The minimum Gasteiger partial charge on any atom is -0.310 e. The standard InChI is InChI=1S/C30H22N4O4/c35-33(36)29-19-15-27(16-20-29)31(23-7-3-1-4-8-23)25-11-13-26(14-12-25)32(24-9-5-2-6-10-24)28-17-21-30(22-18-28)34(37)38/h1-22H. The number of non-ortho nitro benzene ring substituents is 2. The number of anilines is 6. The molecule has 0 heterocycles. The minimum atomic E-state index is -0.415. The summed E-state index contributed by atoms with van der Waals surface area (Å²) in [6.07, 6.45) is 0. The molecule has 0 aliphatic carbocycles. The summed E-state index contributed by atoms with van der Waals surface area (Å²) in [5.74, 6) is 0. The topological polar surface area (TPSA) is 92.8 Å². The van der Waals surface area contributed by atoms with Gasteiger partial charge >= 0.3 is 0 Å². The van der Waals surface area contributed by atoms with Gasteiger partial charge in [0.1, 0.15) is 0 Å². The monoisotopic (exact) mass is 502 g/mol. The summed E-state index contributed by atoms with van der Waals surface area (Å²) in [5.41, 5.74) is 5.16. The Morgan fingerprint density at radius 3 is 0.868 bits per heavy atom. The second-order valence-corrected chi connectivity index (χ2v) is 8.41. The highest BCUT2D eigenvalue weighted by Gasteiger charge is 2.17. The molecule has 0 unspecified atom stereocenters. The molecular formula is C30H22N4O4. The van der Waals surface area contributed by atoms with Gasteiger partial charge in [-0.1, -0.05) is 36.4 Å². The predicted octanol–water partition coefficient (Wildman–Crippen LogP) is 8.44. The largest absolute Gasteiger partial charge is 0.310 e. The third-order valence-corrected chi connectivity index (χ3v) is 6.03. The second kappa shape index (κ2) is 10.6. The SMILES string of the molecule is O=[N+]([O-])c1ccc(N(c2ccccc2)c2ccc(N(c3ccccc3)c3ccc([N+](=O)[O-])cc3)cc2)cc1. The van der Waals surface area contributed by atoms with E-state index < -0.39 is 9.85 Å². The van der Waals surface area contributed by atoms with Crippen molar-refractivity contribution in [2.45, 2.75) is 0 Å².